The van der Waals surface area contributed by atoms with Gasteiger partial charge in [0, 0.05) is 17.7 Å². The van der Waals surface area contributed by atoms with Crippen LogP contribution in [0, 0.1) is 18.3 Å². The number of ether oxygens (including phenoxy) is 1. The molecular weight excluding hydrogens is 254 g/mol. The predicted molar refractivity (Wildman–Crippen MR) is 75.6 cm³/mol. The monoisotopic (exact) mass is 272 g/mol. The van der Waals surface area contributed by atoms with Gasteiger partial charge in [0.1, 0.15) is 0 Å². The zero-order chi connectivity index (χ0) is 15.1. The molecule has 0 atom stereocenters. The van der Waals surface area contributed by atoms with Gasteiger partial charge >= 0.3 is 6.09 Å². The maximum absolute atomic E-state index is 12.3. The van der Waals surface area contributed by atoms with Crippen molar-refractivity contribution >= 4 is 12.0 Å². The van der Waals surface area contributed by atoms with Gasteiger partial charge in [0.25, 0.3) is 5.91 Å². The number of benzene rings is 1. The molecule has 0 aliphatic heterocycles. The minimum absolute atomic E-state index is 0.321. The third-order valence-electron chi connectivity index (χ3n) is 2.85. The van der Waals surface area contributed by atoms with Gasteiger partial charge in [-0.05, 0) is 43.0 Å². The average molecular weight is 272 g/mol. The maximum Gasteiger partial charge on any atom is 0.416 e. The van der Waals surface area contributed by atoms with E-state index in [0.29, 0.717) is 30.0 Å². The van der Waals surface area contributed by atoms with E-state index < -0.39 is 12.0 Å². The van der Waals surface area contributed by atoms with Crippen LogP contribution < -0.4 is 0 Å². The number of methoxy groups -OCH3 is 1. The highest BCUT2D eigenvalue weighted by molar-refractivity contribution is 6.02. The first-order valence-corrected chi connectivity index (χ1v) is 6.42. The van der Waals surface area contributed by atoms with Gasteiger partial charge in [-0.15, -0.1) is 0 Å². The minimum Gasteiger partial charge on any atom is -0.452 e. The number of imide groups is 1. The minimum atomic E-state index is -0.654. The highest BCUT2D eigenvalue weighted by Gasteiger charge is 2.23. The molecule has 105 valence electrons. The Kier molecular flexibility index (Phi) is 5.79. The van der Waals surface area contributed by atoms with Crippen LogP contribution in [-0.4, -0.2) is 30.6 Å². The molecule has 1 rings (SSSR count). The molecule has 0 aromatic heterocycles. The predicted octanol–water partition coefficient (Wildman–Crippen LogP) is 2.88. The van der Waals surface area contributed by atoms with E-state index in [1.807, 2.05) is 13.8 Å². The number of hydrogen-bond donors (Lipinski definition) is 0. The van der Waals surface area contributed by atoms with Gasteiger partial charge in [0.05, 0.1) is 7.11 Å². The summed E-state index contributed by atoms with van der Waals surface area (Å²) in [5, 5.41) is 0. The summed E-state index contributed by atoms with van der Waals surface area (Å²) in [7, 11) is 1.26. The third kappa shape index (κ3) is 4.13. The lowest BCUT2D eigenvalue weighted by atomic mass is 10.1. The molecule has 0 bridgehead atoms. The Morgan fingerprint density at radius 3 is 2.35 bits per heavy atom. The number of nitrogens with zero attached hydrogens (tertiary/aromatic N) is 1. The van der Waals surface area contributed by atoms with Gasteiger partial charge in [0.15, 0.2) is 0 Å². The standard InChI is InChI=1S/C16H18NO3/c1-5-13-6-8-14(9-7-13)15(18)17(16(19)20-4)11-10-12(2)3/h6-9,12H,10-11H2,2-4H3. The SMILES string of the molecule is [C]#Cc1ccc(C(=O)N(CCC(C)C)C(=O)OC)cc1. The van der Waals surface area contributed by atoms with Crippen molar-refractivity contribution in [1.82, 2.24) is 4.90 Å². The second kappa shape index (κ2) is 7.34. The zero-order valence-corrected chi connectivity index (χ0v) is 12.0. The lowest BCUT2D eigenvalue weighted by Gasteiger charge is -2.20. The van der Waals surface area contributed by atoms with Crippen molar-refractivity contribution in [2.24, 2.45) is 5.92 Å². The lowest BCUT2D eigenvalue weighted by Crippen LogP contribution is -2.38. The molecule has 0 N–H and O–H groups in total. The third-order valence-corrected chi connectivity index (χ3v) is 2.85. The number of amides is 2. The summed E-state index contributed by atoms with van der Waals surface area (Å²) in [6.07, 6.45) is 7.06. The molecule has 1 aromatic rings. The van der Waals surface area contributed by atoms with Gasteiger partial charge in [-0.2, -0.15) is 0 Å². The van der Waals surface area contributed by atoms with Gasteiger partial charge < -0.3 is 4.74 Å². The van der Waals surface area contributed by atoms with E-state index in [2.05, 4.69) is 10.7 Å². The van der Waals surface area contributed by atoms with Crippen molar-refractivity contribution in [3.8, 4) is 5.92 Å². The molecule has 0 aliphatic rings. The molecule has 20 heavy (non-hydrogen) atoms. The molecule has 0 aliphatic carbocycles. The first-order chi connectivity index (χ1) is 9.49. The Morgan fingerprint density at radius 2 is 1.90 bits per heavy atom. The van der Waals surface area contributed by atoms with Crippen LogP contribution in [0.3, 0.4) is 0 Å². The van der Waals surface area contributed by atoms with Crippen molar-refractivity contribution in [3.63, 3.8) is 0 Å². The summed E-state index contributed by atoms with van der Waals surface area (Å²) >= 11 is 0. The molecule has 2 amide bonds. The van der Waals surface area contributed by atoms with Crippen LogP contribution in [0.15, 0.2) is 24.3 Å². The molecule has 0 saturated carbocycles. The Hall–Kier alpha value is -2.28. The molecule has 0 spiro atoms. The van der Waals surface area contributed by atoms with Crippen LogP contribution in [0.5, 0.6) is 0 Å². The van der Waals surface area contributed by atoms with E-state index in [0.717, 1.165) is 4.90 Å². The van der Waals surface area contributed by atoms with E-state index >= 15 is 0 Å². The van der Waals surface area contributed by atoms with Crippen molar-refractivity contribution in [2.45, 2.75) is 20.3 Å². The van der Waals surface area contributed by atoms with E-state index in [9.17, 15) is 9.59 Å². The smallest absolute Gasteiger partial charge is 0.416 e. The normalized spacial score (nSPS) is 9.95. The fraction of sp³-hybridized carbons (Fsp3) is 0.375. The molecule has 0 unspecified atom stereocenters. The van der Waals surface area contributed by atoms with Crippen LogP contribution in [0.1, 0.15) is 36.2 Å². The van der Waals surface area contributed by atoms with E-state index in [1.54, 1.807) is 24.3 Å². The number of carbonyl (C=O) groups is 2. The number of carbonyl (C=O) groups excluding carboxylic acids is 2. The van der Waals surface area contributed by atoms with Crippen LogP contribution in [0.25, 0.3) is 0 Å². The van der Waals surface area contributed by atoms with Gasteiger partial charge in [0.2, 0.25) is 0 Å². The van der Waals surface area contributed by atoms with E-state index in [-0.39, 0.29) is 0 Å². The Balaban J connectivity index is 2.91. The fourth-order valence-electron chi connectivity index (χ4n) is 1.63. The summed E-state index contributed by atoms with van der Waals surface area (Å²) in [4.78, 5) is 25.1. The molecule has 1 radical (unpaired) electrons. The summed E-state index contributed by atoms with van der Waals surface area (Å²) < 4.78 is 4.66. The Labute approximate surface area is 119 Å². The fourth-order valence-corrected chi connectivity index (χ4v) is 1.63. The summed E-state index contributed by atoms with van der Waals surface area (Å²) in [5.74, 6) is 2.21. The highest BCUT2D eigenvalue weighted by Crippen LogP contribution is 2.11. The maximum atomic E-state index is 12.3. The van der Waals surface area contributed by atoms with Crippen LogP contribution >= 0.6 is 0 Å². The molecular formula is C16H18NO3. The average Bonchev–Trinajstić information content (AvgIpc) is 2.46. The van der Waals surface area contributed by atoms with E-state index in [1.165, 1.54) is 7.11 Å². The van der Waals surface area contributed by atoms with Gasteiger partial charge in [-0.3, -0.25) is 4.79 Å². The molecule has 0 fully saturated rings. The quantitative estimate of drug-likeness (QED) is 0.792. The van der Waals surface area contributed by atoms with Gasteiger partial charge in [-0.1, -0.05) is 19.8 Å². The highest BCUT2D eigenvalue weighted by atomic mass is 16.5. The Morgan fingerprint density at radius 1 is 1.30 bits per heavy atom. The number of hydrogen-bond acceptors (Lipinski definition) is 3. The second-order valence-corrected chi connectivity index (χ2v) is 4.81. The van der Waals surface area contributed by atoms with Crippen molar-refractivity contribution in [3.05, 3.63) is 41.8 Å². The number of rotatable bonds is 4. The van der Waals surface area contributed by atoms with E-state index in [4.69, 9.17) is 6.42 Å². The van der Waals surface area contributed by atoms with Crippen LogP contribution in [0.4, 0.5) is 4.79 Å². The summed E-state index contributed by atoms with van der Waals surface area (Å²) in [6, 6.07) is 6.37. The van der Waals surface area contributed by atoms with Crippen LogP contribution in [-0.2, 0) is 4.74 Å². The van der Waals surface area contributed by atoms with Crippen molar-refractivity contribution in [1.29, 1.82) is 0 Å². The van der Waals surface area contributed by atoms with Gasteiger partial charge in [-0.25, -0.2) is 9.69 Å². The molecule has 4 nitrogen and oxygen atoms in total. The second-order valence-electron chi connectivity index (χ2n) is 4.81. The Bertz CT molecular complexity index is 512. The lowest BCUT2D eigenvalue weighted by molar-refractivity contribution is 0.0699. The molecule has 1 aromatic carbocycles. The van der Waals surface area contributed by atoms with Crippen molar-refractivity contribution in [2.75, 3.05) is 13.7 Å². The molecule has 0 saturated heterocycles. The largest absolute Gasteiger partial charge is 0.452 e. The molecule has 4 heteroatoms. The zero-order valence-electron chi connectivity index (χ0n) is 12.0. The molecule has 0 heterocycles. The van der Waals surface area contributed by atoms with Crippen LogP contribution in [0.2, 0.25) is 0 Å². The summed E-state index contributed by atoms with van der Waals surface area (Å²) in [6.45, 7) is 4.37. The summed E-state index contributed by atoms with van der Waals surface area (Å²) in [5.41, 5.74) is 0.964. The first kappa shape index (κ1) is 15.8. The van der Waals surface area contributed by atoms with Crippen molar-refractivity contribution < 1.29 is 14.3 Å². The topological polar surface area (TPSA) is 46.6 Å². The first-order valence-electron chi connectivity index (χ1n) is 6.42.